The number of hydrogen-bond donors (Lipinski definition) is 1. The highest BCUT2D eigenvalue weighted by Crippen LogP contribution is 2.25. The number of carbonyl (C=O) groups excluding carboxylic acids is 1. The summed E-state index contributed by atoms with van der Waals surface area (Å²) in [6.07, 6.45) is 1.58. The molecule has 3 aromatic rings. The van der Waals surface area contributed by atoms with Gasteiger partial charge in [-0.3, -0.25) is 0 Å². The predicted molar refractivity (Wildman–Crippen MR) is 129 cm³/mol. The van der Waals surface area contributed by atoms with Crippen LogP contribution in [0.1, 0.15) is 37.0 Å². The van der Waals surface area contributed by atoms with Crippen molar-refractivity contribution in [2.45, 2.75) is 40.0 Å². The zero-order valence-corrected chi connectivity index (χ0v) is 19.1. The Hall–Kier alpha value is -3.28. The van der Waals surface area contributed by atoms with E-state index in [4.69, 9.17) is 9.15 Å². The molecule has 0 bridgehead atoms. The van der Waals surface area contributed by atoms with Crippen LogP contribution in [0.4, 0.5) is 10.5 Å². The zero-order chi connectivity index (χ0) is 22.9. The van der Waals surface area contributed by atoms with Gasteiger partial charge in [0.1, 0.15) is 5.58 Å². The van der Waals surface area contributed by atoms with Crippen molar-refractivity contribution >= 4 is 22.7 Å². The lowest BCUT2D eigenvalue weighted by atomic mass is 10.0. The van der Waals surface area contributed by atoms with E-state index in [1.54, 1.807) is 0 Å². The molecule has 0 saturated carbocycles. The number of aryl methyl sites for hydroxylation is 2. The number of rotatable bonds is 10. The van der Waals surface area contributed by atoms with Crippen molar-refractivity contribution in [2.75, 3.05) is 31.1 Å². The summed E-state index contributed by atoms with van der Waals surface area (Å²) in [5.74, 6) is 0. The molecular formula is C26H32N2O4. The minimum Gasteiger partial charge on any atom is -0.449 e. The van der Waals surface area contributed by atoms with Crippen LogP contribution in [0.3, 0.4) is 0 Å². The van der Waals surface area contributed by atoms with Gasteiger partial charge < -0.3 is 19.4 Å². The van der Waals surface area contributed by atoms with E-state index in [-0.39, 0.29) is 12.2 Å². The molecule has 1 amide bonds. The molecule has 6 heteroatoms. The Morgan fingerprint density at radius 3 is 2.53 bits per heavy atom. The number of carbonyl (C=O) groups is 1. The van der Waals surface area contributed by atoms with Crippen LogP contribution in [-0.2, 0) is 17.6 Å². The van der Waals surface area contributed by atoms with Gasteiger partial charge >= 0.3 is 11.7 Å². The van der Waals surface area contributed by atoms with Gasteiger partial charge in [-0.05, 0) is 56.9 Å². The van der Waals surface area contributed by atoms with Gasteiger partial charge in [-0.1, -0.05) is 30.3 Å². The smallest absolute Gasteiger partial charge is 0.407 e. The molecule has 32 heavy (non-hydrogen) atoms. The number of benzene rings is 2. The van der Waals surface area contributed by atoms with E-state index >= 15 is 0 Å². The Kier molecular flexibility index (Phi) is 8.31. The Bertz CT molecular complexity index is 1090. The fourth-order valence-corrected chi connectivity index (χ4v) is 3.88. The van der Waals surface area contributed by atoms with Gasteiger partial charge in [-0.15, -0.1) is 0 Å². The third kappa shape index (κ3) is 5.90. The third-order valence-electron chi connectivity index (χ3n) is 5.74. The Morgan fingerprint density at radius 2 is 1.81 bits per heavy atom. The van der Waals surface area contributed by atoms with Crippen molar-refractivity contribution in [3.63, 3.8) is 0 Å². The summed E-state index contributed by atoms with van der Waals surface area (Å²) in [6.45, 7) is 8.54. The predicted octanol–water partition coefficient (Wildman–Crippen LogP) is 4.85. The number of ether oxygens (including phenoxy) is 1. The summed E-state index contributed by atoms with van der Waals surface area (Å²) in [5, 5.41) is 3.66. The fourth-order valence-electron chi connectivity index (χ4n) is 3.88. The van der Waals surface area contributed by atoms with Crippen molar-refractivity contribution in [2.24, 2.45) is 0 Å². The maximum absolute atomic E-state index is 12.6. The van der Waals surface area contributed by atoms with Gasteiger partial charge in [0.05, 0.1) is 6.61 Å². The molecule has 0 aliphatic heterocycles. The van der Waals surface area contributed by atoms with E-state index in [1.165, 1.54) is 5.56 Å². The molecule has 1 aromatic heterocycles. The van der Waals surface area contributed by atoms with Crippen molar-refractivity contribution in [1.82, 2.24) is 5.32 Å². The maximum Gasteiger partial charge on any atom is 0.407 e. The highest BCUT2D eigenvalue weighted by Gasteiger charge is 2.14. The Morgan fingerprint density at radius 1 is 1.06 bits per heavy atom. The van der Waals surface area contributed by atoms with E-state index in [0.29, 0.717) is 24.1 Å². The molecule has 170 valence electrons. The second kappa shape index (κ2) is 11.4. The summed E-state index contributed by atoms with van der Waals surface area (Å²) in [7, 11) is 0. The second-order valence-corrected chi connectivity index (χ2v) is 7.75. The quantitative estimate of drug-likeness (QED) is 0.363. The van der Waals surface area contributed by atoms with Crippen molar-refractivity contribution in [1.29, 1.82) is 0 Å². The summed E-state index contributed by atoms with van der Waals surface area (Å²) >= 11 is 0. The first-order valence-corrected chi connectivity index (χ1v) is 11.3. The molecule has 2 aromatic carbocycles. The van der Waals surface area contributed by atoms with Crippen LogP contribution >= 0.6 is 0 Å². The summed E-state index contributed by atoms with van der Waals surface area (Å²) in [6, 6.07) is 16.1. The minimum atomic E-state index is -0.468. The summed E-state index contributed by atoms with van der Waals surface area (Å²) < 4.78 is 10.9. The van der Waals surface area contributed by atoms with Crippen LogP contribution in [0, 0.1) is 6.92 Å². The number of hydrogen-bond acceptors (Lipinski definition) is 5. The second-order valence-electron chi connectivity index (χ2n) is 7.75. The highest BCUT2D eigenvalue weighted by atomic mass is 16.5. The number of nitrogens with one attached hydrogen (secondary N) is 1. The van der Waals surface area contributed by atoms with E-state index in [1.807, 2.05) is 43.3 Å². The van der Waals surface area contributed by atoms with Crippen molar-refractivity contribution in [3.05, 3.63) is 75.6 Å². The maximum atomic E-state index is 12.6. The molecular weight excluding hydrogens is 404 g/mol. The lowest BCUT2D eigenvalue weighted by Gasteiger charge is -2.21. The van der Waals surface area contributed by atoms with Crippen LogP contribution in [-0.4, -0.2) is 32.3 Å². The van der Waals surface area contributed by atoms with Crippen LogP contribution in [0.25, 0.3) is 11.0 Å². The van der Waals surface area contributed by atoms with Crippen LogP contribution < -0.4 is 15.8 Å². The fraction of sp³-hybridized carbons (Fsp3) is 0.385. The van der Waals surface area contributed by atoms with Crippen LogP contribution in [0.2, 0.25) is 0 Å². The average molecular weight is 437 g/mol. The van der Waals surface area contributed by atoms with Gasteiger partial charge in [0.2, 0.25) is 0 Å². The minimum absolute atomic E-state index is 0.124. The molecule has 0 fully saturated rings. The van der Waals surface area contributed by atoms with Gasteiger partial charge in [0, 0.05) is 48.8 Å². The monoisotopic (exact) mass is 436 g/mol. The first kappa shape index (κ1) is 23.4. The summed E-state index contributed by atoms with van der Waals surface area (Å²) in [5.41, 5.74) is 3.89. The van der Waals surface area contributed by atoms with E-state index in [0.717, 1.165) is 42.6 Å². The molecule has 1 heterocycles. The first-order valence-electron chi connectivity index (χ1n) is 11.3. The van der Waals surface area contributed by atoms with Gasteiger partial charge in [0.15, 0.2) is 0 Å². The molecule has 0 aliphatic rings. The first-order chi connectivity index (χ1) is 15.5. The molecule has 1 N–H and O–H groups in total. The van der Waals surface area contributed by atoms with Gasteiger partial charge in [-0.2, -0.15) is 0 Å². The number of nitrogens with zero attached hydrogens (tertiary/aromatic N) is 1. The SMILES string of the molecule is CCN(CC)c1ccc2c(C)c(CCOC(=O)NCCCc3ccccc3)c(=O)oc2c1. The number of fused-ring (bicyclic) bond motifs is 1. The van der Waals surface area contributed by atoms with Crippen LogP contribution in [0.15, 0.2) is 57.7 Å². The van der Waals surface area contributed by atoms with E-state index in [9.17, 15) is 9.59 Å². The molecule has 0 unspecified atom stereocenters. The van der Waals surface area contributed by atoms with Gasteiger partial charge in [-0.25, -0.2) is 9.59 Å². The van der Waals surface area contributed by atoms with E-state index in [2.05, 4.69) is 36.2 Å². The summed E-state index contributed by atoms with van der Waals surface area (Å²) in [4.78, 5) is 26.7. The van der Waals surface area contributed by atoms with Crippen molar-refractivity contribution in [3.8, 4) is 0 Å². The number of alkyl carbamates (subject to hydrolysis) is 1. The highest BCUT2D eigenvalue weighted by molar-refractivity contribution is 5.84. The lowest BCUT2D eigenvalue weighted by molar-refractivity contribution is 0.147. The zero-order valence-electron chi connectivity index (χ0n) is 19.1. The topological polar surface area (TPSA) is 71.8 Å². The van der Waals surface area contributed by atoms with E-state index < -0.39 is 6.09 Å². The standard InChI is InChI=1S/C26H32N2O4/c1-4-28(5-2)21-13-14-22-19(3)23(25(29)32-24(22)18-21)15-17-31-26(30)27-16-9-12-20-10-7-6-8-11-20/h6-8,10-11,13-14,18H,4-5,9,12,15-17H2,1-3H3,(H,27,30). The molecule has 3 rings (SSSR count). The molecule has 0 spiro atoms. The number of amides is 1. The molecule has 0 saturated heterocycles. The van der Waals surface area contributed by atoms with Gasteiger partial charge in [0.25, 0.3) is 0 Å². The Labute approximate surface area is 189 Å². The van der Waals surface area contributed by atoms with Crippen molar-refractivity contribution < 1.29 is 13.9 Å². The largest absolute Gasteiger partial charge is 0.449 e. The lowest BCUT2D eigenvalue weighted by Crippen LogP contribution is -2.27. The average Bonchev–Trinajstić information content (AvgIpc) is 2.80. The third-order valence-corrected chi connectivity index (χ3v) is 5.74. The normalized spacial score (nSPS) is 10.8. The molecule has 0 aliphatic carbocycles. The van der Waals surface area contributed by atoms with Crippen LogP contribution in [0.5, 0.6) is 0 Å². The number of anilines is 1. The molecule has 0 atom stereocenters. The molecule has 0 radical (unpaired) electrons. The molecule has 6 nitrogen and oxygen atoms in total. The Balaban J connectivity index is 1.53.